The number of aliphatic imine (C=N–C) groups is 1. The maximum absolute atomic E-state index is 4.28. The molecule has 3 rings (SSSR count). The van der Waals surface area contributed by atoms with Crippen LogP contribution in [0.4, 0.5) is 5.69 Å². The summed E-state index contributed by atoms with van der Waals surface area (Å²) in [6.45, 7) is 4.07. The molecule has 1 heterocycles. The zero-order chi connectivity index (χ0) is 13.2. The van der Waals surface area contributed by atoms with Crippen molar-refractivity contribution in [3.63, 3.8) is 0 Å². The fourth-order valence-corrected chi connectivity index (χ4v) is 2.47. The van der Waals surface area contributed by atoms with Gasteiger partial charge < -0.3 is 4.57 Å². The number of benzene rings is 2. The summed E-state index contributed by atoms with van der Waals surface area (Å²) < 4.78 is 2.27. The van der Waals surface area contributed by atoms with Crippen molar-refractivity contribution in [2.45, 2.75) is 13.8 Å². The van der Waals surface area contributed by atoms with Gasteiger partial charge in [0.2, 0.25) is 0 Å². The molecule has 0 aliphatic heterocycles. The van der Waals surface area contributed by atoms with Gasteiger partial charge in [-0.3, -0.25) is 4.99 Å². The first-order valence-corrected chi connectivity index (χ1v) is 6.46. The summed E-state index contributed by atoms with van der Waals surface area (Å²) in [7, 11) is 0. The van der Waals surface area contributed by atoms with E-state index >= 15 is 0 Å². The Morgan fingerprint density at radius 3 is 2.47 bits per heavy atom. The smallest absolute Gasteiger partial charge is 0.0627 e. The predicted octanol–water partition coefficient (Wildman–Crippen LogP) is 4.66. The molecule has 3 aromatic rings. The summed E-state index contributed by atoms with van der Waals surface area (Å²) in [5.74, 6) is 0. The van der Waals surface area contributed by atoms with Crippen molar-refractivity contribution in [2.75, 3.05) is 0 Å². The van der Waals surface area contributed by atoms with Crippen LogP contribution in [-0.4, -0.2) is 10.8 Å². The second-order valence-corrected chi connectivity index (χ2v) is 4.58. The maximum Gasteiger partial charge on any atom is 0.0627 e. The minimum atomic E-state index is 0.986. The number of aryl methyl sites for hydroxylation is 1. The SMILES string of the molecule is CC=Nc1ccc(-n2c(C)cc3ccccc32)cc1. The summed E-state index contributed by atoms with van der Waals surface area (Å²) in [4.78, 5) is 4.28. The van der Waals surface area contributed by atoms with E-state index < -0.39 is 0 Å². The Hall–Kier alpha value is -2.35. The van der Waals surface area contributed by atoms with Crippen molar-refractivity contribution in [3.8, 4) is 5.69 Å². The molecule has 2 aromatic carbocycles. The average Bonchev–Trinajstić information content (AvgIpc) is 2.76. The molecule has 0 atom stereocenters. The van der Waals surface area contributed by atoms with Crippen LogP contribution in [0.2, 0.25) is 0 Å². The van der Waals surface area contributed by atoms with Gasteiger partial charge in [-0.25, -0.2) is 0 Å². The van der Waals surface area contributed by atoms with E-state index in [-0.39, 0.29) is 0 Å². The molecule has 0 radical (unpaired) electrons. The number of hydrogen-bond acceptors (Lipinski definition) is 1. The summed E-state index contributed by atoms with van der Waals surface area (Å²) in [6.07, 6.45) is 1.81. The van der Waals surface area contributed by atoms with Crippen LogP contribution in [0.25, 0.3) is 16.6 Å². The molecule has 19 heavy (non-hydrogen) atoms. The van der Waals surface area contributed by atoms with Crippen LogP contribution in [0.5, 0.6) is 0 Å². The quantitative estimate of drug-likeness (QED) is 0.587. The van der Waals surface area contributed by atoms with Crippen molar-refractivity contribution < 1.29 is 0 Å². The summed E-state index contributed by atoms with van der Waals surface area (Å²) in [5.41, 5.74) is 4.65. The number of hydrogen-bond donors (Lipinski definition) is 0. The second-order valence-electron chi connectivity index (χ2n) is 4.58. The van der Waals surface area contributed by atoms with Crippen LogP contribution in [0.15, 0.2) is 59.6 Å². The van der Waals surface area contributed by atoms with E-state index in [4.69, 9.17) is 0 Å². The summed E-state index contributed by atoms with van der Waals surface area (Å²) in [5, 5.41) is 1.27. The molecule has 0 N–H and O–H groups in total. The molecular weight excluding hydrogens is 232 g/mol. The molecule has 0 saturated carbocycles. The Morgan fingerprint density at radius 2 is 1.74 bits per heavy atom. The van der Waals surface area contributed by atoms with Crippen molar-refractivity contribution in [2.24, 2.45) is 4.99 Å². The first kappa shape index (κ1) is 11.7. The van der Waals surface area contributed by atoms with E-state index in [9.17, 15) is 0 Å². The van der Waals surface area contributed by atoms with E-state index in [0.717, 1.165) is 5.69 Å². The molecule has 94 valence electrons. The van der Waals surface area contributed by atoms with E-state index in [1.54, 1.807) is 0 Å². The van der Waals surface area contributed by atoms with Gasteiger partial charge in [-0.1, -0.05) is 18.2 Å². The predicted molar refractivity (Wildman–Crippen MR) is 81.8 cm³/mol. The third kappa shape index (κ3) is 2.06. The van der Waals surface area contributed by atoms with Gasteiger partial charge in [0.15, 0.2) is 0 Å². The largest absolute Gasteiger partial charge is 0.314 e. The van der Waals surface area contributed by atoms with E-state index in [1.807, 2.05) is 25.3 Å². The number of para-hydroxylation sites is 1. The molecule has 0 aliphatic carbocycles. The molecule has 0 aliphatic rings. The molecular formula is C17H16N2. The van der Waals surface area contributed by atoms with Crippen LogP contribution in [0, 0.1) is 6.92 Å². The molecule has 0 fully saturated rings. The Bertz CT molecular complexity index is 734. The third-order valence-electron chi connectivity index (χ3n) is 3.28. The highest BCUT2D eigenvalue weighted by molar-refractivity contribution is 5.83. The summed E-state index contributed by atoms with van der Waals surface area (Å²) in [6, 6.07) is 19.0. The van der Waals surface area contributed by atoms with Crippen molar-refractivity contribution in [1.29, 1.82) is 0 Å². The van der Waals surface area contributed by atoms with Crippen molar-refractivity contribution in [1.82, 2.24) is 4.57 Å². The highest BCUT2D eigenvalue weighted by Gasteiger charge is 2.06. The van der Waals surface area contributed by atoms with Crippen LogP contribution < -0.4 is 0 Å². The zero-order valence-electron chi connectivity index (χ0n) is 11.2. The lowest BCUT2D eigenvalue weighted by Crippen LogP contribution is -1.95. The first-order chi connectivity index (χ1) is 9.29. The lowest BCUT2D eigenvalue weighted by atomic mass is 10.2. The van der Waals surface area contributed by atoms with Crippen LogP contribution >= 0.6 is 0 Å². The van der Waals surface area contributed by atoms with Gasteiger partial charge in [-0.05, 0) is 50.2 Å². The standard InChI is InChI=1S/C17H16N2/c1-3-18-15-8-10-16(11-9-15)19-13(2)12-14-6-4-5-7-17(14)19/h3-12H,1-2H3. The fraction of sp³-hybridized carbons (Fsp3) is 0.118. The molecule has 2 heteroatoms. The second kappa shape index (κ2) is 4.73. The Morgan fingerprint density at radius 1 is 1.00 bits per heavy atom. The lowest BCUT2D eigenvalue weighted by Gasteiger charge is -2.08. The fourth-order valence-electron chi connectivity index (χ4n) is 2.47. The van der Waals surface area contributed by atoms with Crippen molar-refractivity contribution >= 4 is 22.8 Å². The van der Waals surface area contributed by atoms with Crippen LogP contribution in [-0.2, 0) is 0 Å². The van der Waals surface area contributed by atoms with Gasteiger partial charge in [0.1, 0.15) is 0 Å². The molecule has 0 amide bonds. The van der Waals surface area contributed by atoms with Crippen LogP contribution in [0.3, 0.4) is 0 Å². The van der Waals surface area contributed by atoms with Gasteiger partial charge >= 0.3 is 0 Å². The van der Waals surface area contributed by atoms with E-state index in [1.165, 1.54) is 22.3 Å². The molecule has 1 aromatic heterocycles. The Labute approximate surface area is 113 Å². The molecule has 2 nitrogen and oxygen atoms in total. The highest BCUT2D eigenvalue weighted by Crippen LogP contribution is 2.25. The normalized spacial score (nSPS) is 11.5. The minimum absolute atomic E-state index is 0.986. The first-order valence-electron chi connectivity index (χ1n) is 6.46. The highest BCUT2D eigenvalue weighted by atomic mass is 15.0. The van der Waals surface area contributed by atoms with Gasteiger partial charge in [0, 0.05) is 23.0 Å². The average molecular weight is 248 g/mol. The molecule has 0 bridgehead atoms. The van der Waals surface area contributed by atoms with E-state index in [0.29, 0.717) is 0 Å². The van der Waals surface area contributed by atoms with Crippen molar-refractivity contribution in [3.05, 3.63) is 60.3 Å². The van der Waals surface area contributed by atoms with Crippen LogP contribution in [0.1, 0.15) is 12.6 Å². The number of nitrogens with zero attached hydrogens (tertiary/aromatic N) is 2. The number of aromatic nitrogens is 1. The topological polar surface area (TPSA) is 17.3 Å². The lowest BCUT2D eigenvalue weighted by molar-refractivity contribution is 1.05. The maximum atomic E-state index is 4.28. The van der Waals surface area contributed by atoms with Gasteiger partial charge in [0.25, 0.3) is 0 Å². The Balaban J connectivity index is 2.16. The van der Waals surface area contributed by atoms with Gasteiger partial charge in [-0.15, -0.1) is 0 Å². The third-order valence-corrected chi connectivity index (χ3v) is 3.28. The molecule has 0 spiro atoms. The Kier molecular flexibility index (Phi) is 2.92. The van der Waals surface area contributed by atoms with E-state index in [2.05, 4.69) is 58.9 Å². The minimum Gasteiger partial charge on any atom is -0.314 e. The number of fused-ring (bicyclic) bond motifs is 1. The molecule has 0 saturated heterocycles. The van der Waals surface area contributed by atoms with Gasteiger partial charge in [-0.2, -0.15) is 0 Å². The zero-order valence-corrected chi connectivity index (χ0v) is 11.2. The monoisotopic (exact) mass is 248 g/mol. The summed E-state index contributed by atoms with van der Waals surface area (Å²) >= 11 is 0. The molecule has 0 unspecified atom stereocenters. The van der Waals surface area contributed by atoms with Gasteiger partial charge in [0.05, 0.1) is 11.2 Å². The number of rotatable bonds is 2.